The summed E-state index contributed by atoms with van der Waals surface area (Å²) in [6, 6.07) is 0. The van der Waals surface area contributed by atoms with Gasteiger partial charge in [-0.05, 0) is 57.8 Å². The largest absolute Gasteiger partial charge is 0.351 e. The maximum Gasteiger partial charge on any atom is 0.222 e. The minimum atomic E-state index is -0.0376. The van der Waals surface area contributed by atoms with Crippen molar-refractivity contribution in [2.45, 2.75) is 91.0 Å². The second kappa shape index (κ2) is 9.94. The zero-order valence-electron chi connectivity index (χ0n) is 15.6. The highest BCUT2D eigenvalue weighted by Crippen LogP contribution is 2.31. The van der Waals surface area contributed by atoms with Crippen LogP contribution in [0, 0.1) is 5.92 Å². The fourth-order valence-corrected chi connectivity index (χ4v) is 3.38. The molecule has 1 fully saturated rings. The van der Waals surface area contributed by atoms with E-state index in [1.54, 1.807) is 0 Å². The Morgan fingerprint density at radius 2 is 1.65 bits per heavy atom. The van der Waals surface area contributed by atoms with Crippen LogP contribution in [0.4, 0.5) is 0 Å². The molecule has 4 nitrogen and oxygen atoms in total. The van der Waals surface area contributed by atoms with Crippen molar-refractivity contribution in [3.63, 3.8) is 0 Å². The van der Waals surface area contributed by atoms with Crippen LogP contribution in [0.15, 0.2) is 0 Å². The number of amides is 2. The van der Waals surface area contributed by atoms with E-state index in [4.69, 9.17) is 0 Å². The Morgan fingerprint density at radius 1 is 1.09 bits per heavy atom. The summed E-state index contributed by atoms with van der Waals surface area (Å²) in [6.07, 6.45) is 8.10. The van der Waals surface area contributed by atoms with Crippen molar-refractivity contribution in [3.05, 3.63) is 0 Å². The molecule has 2 amide bonds. The van der Waals surface area contributed by atoms with Gasteiger partial charge >= 0.3 is 0 Å². The summed E-state index contributed by atoms with van der Waals surface area (Å²) in [6.45, 7) is 10.3. The third-order valence-corrected chi connectivity index (χ3v) is 4.95. The van der Waals surface area contributed by atoms with Crippen LogP contribution in [0.3, 0.4) is 0 Å². The molecule has 0 heterocycles. The third kappa shape index (κ3) is 7.36. The Morgan fingerprint density at radius 3 is 2.17 bits per heavy atom. The summed E-state index contributed by atoms with van der Waals surface area (Å²) in [5, 5.41) is 3.21. The zero-order chi connectivity index (χ0) is 17.3. The maximum absolute atomic E-state index is 12.2. The molecule has 134 valence electrons. The zero-order valence-corrected chi connectivity index (χ0v) is 15.6. The number of hydrogen-bond donors (Lipinski definition) is 1. The van der Waals surface area contributed by atoms with Gasteiger partial charge in [0, 0.05) is 31.5 Å². The van der Waals surface area contributed by atoms with E-state index in [9.17, 15) is 9.59 Å². The lowest BCUT2D eigenvalue weighted by Gasteiger charge is -2.37. The van der Waals surface area contributed by atoms with Gasteiger partial charge in [0.2, 0.25) is 11.8 Å². The molecule has 0 radical (unpaired) electrons. The molecule has 0 aliphatic heterocycles. The fourth-order valence-electron chi connectivity index (χ4n) is 3.38. The van der Waals surface area contributed by atoms with Crippen LogP contribution in [0.25, 0.3) is 0 Å². The molecule has 0 atom stereocenters. The second-order valence-corrected chi connectivity index (χ2v) is 7.53. The van der Waals surface area contributed by atoms with E-state index in [-0.39, 0.29) is 17.4 Å². The minimum Gasteiger partial charge on any atom is -0.351 e. The van der Waals surface area contributed by atoms with Gasteiger partial charge in [0.25, 0.3) is 0 Å². The highest BCUT2D eigenvalue weighted by molar-refractivity contribution is 5.79. The lowest BCUT2D eigenvalue weighted by molar-refractivity contribution is -0.131. The quantitative estimate of drug-likeness (QED) is 0.699. The first-order valence-electron chi connectivity index (χ1n) is 9.49. The van der Waals surface area contributed by atoms with Crippen LogP contribution in [0.5, 0.6) is 0 Å². The van der Waals surface area contributed by atoms with E-state index in [0.29, 0.717) is 19.3 Å². The van der Waals surface area contributed by atoms with Gasteiger partial charge in [0.1, 0.15) is 0 Å². The molecule has 23 heavy (non-hydrogen) atoms. The number of carbonyl (C=O) groups is 2. The average Bonchev–Trinajstić information content (AvgIpc) is 2.50. The number of carbonyl (C=O) groups excluding carboxylic acids is 2. The molecule has 1 rings (SSSR count). The molecule has 0 aromatic rings. The van der Waals surface area contributed by atoms with E-state index in [1.165, 1.54) is 12.8 Å². The molecule has 0 saturated heterocycles. The first kappa shape index (κ1) is 20.0. The van der Waals surface area contributed by atoms with E-state index < -0.39 is 0 Å². The molecule has 4 heteroatoms. The van der Waals surface area contributed by atoms with Crippen molar-refractivity contribution in [2.75, 3.05) is 13.1 Å². The van der Waals surface area contributed by atoms with E-state index in [2.05, 4.69) is 33.0 Å². The van der Waals surface area contributed by atoms with Crippen LogP contribution >= 0.6 is 0 Å². The van der Waals surface area contributed by atoms with Crippen LogP contribution in [-0.2, 0) is 9.59 Å². The van der Waals surface area contributed by atoms with Crippen LogP contribution in [0.1, 0.15) is 85.5 Å². The maximum atomic E-state index is 12.2. The molecule has 1 saturated carbocycles. The Hall–Kier alpha value is -1.06. The van der Waals surface area contributed by atoms with Crippen molar-refractivity contribution in [1.82, 2.24) is 10.2 Å². The summed E-state index contributed by atoms with van der Waals surface area (Å²) < 4.78 is 0. The minimum absolute atomic E-state index is 0.0376. The smallest absolute Gasteiger partial charge is 0.222 e. The molecule has 1 aliphatic carbocycles. The normalized spacial score (nSPS) is 24.3. The highest BCUT2D eigenvalue weighted by atomic mass is 16.2. The lowest BCUT2D eigenvalue weighted by Crippen LogP contribution is -2.48. The van der Waals surface area contributed by atoms with Crippen LogP contribution in [0.2, 0.25) is 0 Å². The predicted molar refractivity (Wildman–Crippen MR) is 95.2 cm³/mol. The molecule has 0 unspecified atom stereocenters. The van der Waals surface area contributed by atoms with Gasteiger partial charge in [-0.1, -0.05) is 20.8 Å². The number of nitrogens with one attached hydrogen (secondary N) is 1. The van der Waals surface area contributed by atoms with Crippen molar-refractivity contribution in [2.24, 2.45) is 5.92 Å². The Labute approximate surface area is 142 Å². The SMILES string of the molecule is CCCN(CCC)C(=O)CCCC(=O)NC1(C)CCC(C)CC1. The number of nitrogens with zero attached hydrogens (tertiary/aromatic N) is 1. The van der Waals surface area contributed by atoms with Crippen LogP contribution in [-0.4, -0.2) is 35.3 Å². The lowest BCUT2D eigenvalue weighted by atomic mass is 9.78. The number of hydrogen-bond acceptors (Lipinski definition) is 2. The van der Waals surface area contributed by atoms with Gasteiger partial charge in [0.05, 0.1) is 0 Å². The fraction of sp³-hybridized carbons (Fsp3) is 0.895. The second-order valence-electron chi connectivity index (χ2n) is 7.53. The van der Waals surface area contributed by atoms with Crippen LogP contribution < -0.4 is 5.32 Å². The van der Waals surface area contributed by atoms with Gasteiger partial charge in [-0.3, -0.25) is 9.59 Å². The summed E-state index contributed by atoms with van der Waals surface area (Å²) in [7, 11) is 0. The van der Waals surface area contributed by atoms with Gasteiger partial charge in [-0.15, -0.1) is 0 Å². The molecule has 1 N–H and O–H groups in total. The monoisotopic (exact) mass is 324 g/mol. The highest BCUT2D eigenvalue weighted by Gasteiger charge is 2.30. The predicted octanol–water partition coefficient (Wildman–Crippen LogP) is 3.89. The number of rotatable bonds is 9. The van der Waals surface area contributed by atoms with E-state index in [0.717, 1.165) is 44.7 Å². The Bertz CT molecular complexity index is 368. The van der Waals surface area contributed by atoms with Crippen molar-refractivity contribution >= 4 is 11.8 Å². The summed E-state index contributed by atoms with van der Waals surface area (Å²) in [5.74, 6) is 1.08. The van der Waals surface area contributed by atoms with E-state index in [1.807, 2.05) is 4.90 Å². The summed E-state index contributed by atoms with van der Waals surface area (Å²) >= 11 is 0. The molecular formula is C19H36N2O2. The average molecular weight is 325 g/mol. The van der Waals surface area contributed by atoms with Crippen molar-refractivity contribution < 1.29 is 9.59 Å². The van der Waals surface area contributed by atoms with E-state index >= 15 is 0 Å². The van der Waals surface area contributed by atoms with Gasteiger partial charge in [-0.25, -0.2) is 0 Å². The summed E-state index contributed by atoms with van der Waals surface area (Å²) in [4.78, 5) is 26.3. The van der Waals surface area contributed by atoms with Crippen molar-refractivity contribution in [1.29, 1.82) is 0 Å². The van der Waals surface area contributed by atoms with Gasteiger partial charge < -0.3 is 10.2 Å². The first-order valence-corrected chi connectivity index (χ1v) is 9.49. The molecule has 1 aliphatic rings. The first-order chi connectivity index (χ1) is 10.9. The van der Waals surface area contributed by atoms with Crippen molar-refractivity contribution in [3.8, 4) is 0 Å². The molecule has 0 bridgehead atoms. The van der Waals surface area contributed by atoms with Gasteiger partial charge in [0.15, 0.2) is 0 Å². The Balaban J connectivity index is 2.29. The third-order valence-electron chi connectivity index (χ3n) is 4.95. The van der Waals surface area contributed by atoms with Gasteiger partial charge in [-0.2, -0.15) is 0 Å². The molecule has 0 aromatic heterocycles. The Kier molecular flexibility index (Phi) is 8.64. The summed E-state index contributed by atoms with van der Waals surface area (Å²) in [5.41, 5.74) is -0.0376. The topological polar surface area (TPSA) is 49.4 Å². The molecule has 0 aromatic carbocycles. The molecule has 0 spiro atoms. The standard InChI is InChI=1S/C19H36N2O2/c1-5-14-21(15-6-2)18(23)9-7-8-17(22)20-19(4)12-10-16(3)11-13-19/h16H,5-15H2,1-4H3,(H,20,22). The molecular weight excluding hydrogens is 288 g/mol.